The zero-order valence-corrected chi connectivity index (χ0v) is 12.3. The average Bonchev–Trinajstić information content (AvgIpc) is 2.22. The lowest BCUT2D eigenvalue weighted by atomic mass is 10.2. The monoisotopic (exact) mass is 268 g/mol. The van der Waals surface area contributed by atoms with E-state index in [-0.39, 0.29) is 10.5 Å². The lowest BCUT2D eigenvalue weighted by Gasteiger charge is -2.22. The number of hydrogen-bond acceptors (Lipinski definition) is 4. The van der Waals surface area contributed by atoms with Crippen molar-refractivity contribution in [2.24, 2.45) is 0 Å². The summed E-state index contributed by atoms with van der Waals surface area (Å²) in [5.41, 5.74) is 0. The Morgan fingerprint density at radius 2 is 1.88 bits per heavy atom. The van der Waals surface area contributed by atoms with Crippen molar-refractivity contribution in [1.29, 1.82) is 0 Å². The van der Waals surface area contributed by atoms with Crippen LogP contribution in [0.5, 0.6) is 0 Å². The summed E-state index contributed by atoms with van der Waals surface area (Å²) in [4.78, 5) is 0. The molecule has 0 aromatic heterocycles. The van der Waals surface area contributed by atoms with E-state index in [1.807, 2.05) is 20.1 Å². The van der Waals surface area contributed by atoms with Crippen LogP contribution in [0.3, 0.4) is 0 Å². The first-order valence-corrected chi connectivity index (χ1v) is 8.44. The Balaban J connectivity index is 3.88. The van der Waals surface area contributed by atoms with E-state index >= 15 is 0 Å². The fraction of sp³-hybridized carbons (Fsp3) is 1.00. The van der Waals surface area contributed by atoms with Crippen molar-refractivity contribution in [1.82, 2.24) is 10.0 Å². The standard InChI is InChI=1S/C10H24N2O2S2/c1-5-6-11-7-8-16(13,14)12-9-10(2,3)15-4/h11-12H,5-9H2,1-4H3. The van der Waals surface area contributed by atoms with E-state index in [2.05, 4.69) is 17.0 Å². The smallest absolute Gasteiger partial charge is 0.212 e. The molecular weight excluding hydrogens is 244 g/mol. The summed E-state index contributed by atoms with van der Waals surface area (Å²) < 4.78 is 25.8. The summed E-state index contributed by atoms with van der Waals surface area (Å²) >= 11 is 1.66. The third kappa shape index (κ3) is 8.38. The molecule has 0 aromatic carbocycles. The maximum atomic E-state index is 11.6. The summed E-state index contributed by atoms with van der Waals surface area (Å²) in [5.74, 6) is 0.150. The van der Waals surface area contributed by atoms with Crippen LogP contribution in [0.25, 0.3) is 0 Å². The molecule has 0 aliphatic heterocycles. The zero-order chi connectivity index (χ0) is 12.7. The number of sulfonamides is 1. The minimum atomic E-state index is -3.13. The molecule has 98 valence electrons. The van der Waals surface area contributed by atoms with Gasteiger partial charge in [-0.1, -0.05) is 6.92 Å². The Hall–Kier alpha value is 0.220. The van der Waals surface area contributed by atoms with Crippen LogP contribution in [0.4, 0.5) is 0 Å². The molecule has 0 atom stereocenters. The largest absolute Gasteiger partial charge is 0.316 e. The average molecular weight is 268 g/mol. The highest BCUT2D eigenvalue weighted by Crippen LogP contribution is 2.19. The van der Waals surface area contributed by atoms with Gasteiger partial charge in [-0.3, -0.25) is 0 Å². The molecule has 0 spiro atoms. The van der Waals surface area contributed by atoms with E-state index in [0.717, 1.165) is 13.0 Å². The lowest BCUT2D eigenvalue weighted by Crippen LogP contribution is -2.39. The van der Waals surface area contributed by atoms with Crippen molar-refractivity contribution in [2.75, 3.05) is 31.6 Å². The van der Waals surface area contributed by atoms with E-state index in [1.54, 1.807) is 11.8 Å². The van der Waals surface area contributed by atoms with Gasteiger partial charge < -0.3 is 5.32 Å². The topological polar surface area (TPSA) is 58.2 Å². The highest BCUT2D eigenvalue weighted by atomic mass is 32.2. The van der Waals surface area contributed by atoms with Gasteiger partial charge in [-0.25, -0.2) is 13.1 Å². The fourth-order valence-electron chi connectivity index (χ4n) is 0.936. The summed E-state index contributed by atoms with van der Waals surface area (Å²) in [6.07, 6.45) is 3.00. The highest BCUT2D eigenvalue weighted by molar-refractivity contribution is 8.00. The first-order valence-electron chi connectivity index (χ1n) is 5.56. The zero-order valence-electron chi connectivity index (χ0n) is 10.7. The second kappa shape index (κ2) is 7.53. The molecule has 0 saturated carbocycles. The molecule has 0 bridgehead atoms. The molecular formula is C10H24N2O2S2. The molecule has 0 aliphatic rings. The van der Waals surface area contributed by atoms with Gasteiger partial charge in [0.25, 0.3) is 0 Å². The molecule has 0 fully saturated rings. The minimum absolute atomic E-state index is 0.0517. The summed E-state index contributed by atoms with van der Waals surface area (Å²) in [5, 5.41) is 3.08. The van der Waals surface area contributed by atoms with Crippen molar-refractivity contribution >= 4 is 21.8 Å². The van der Waals surface area contributed by atoms with E-state index in [9.17, 15) is 8.42 Å². The van der Waals surface area contributed by atoms with Gasteiger partial charge in [0.2, 0.25) is 10.0 Å². The van der Waals surface area contributed by atoms with Gasteiger partial charge in [-0.05, 0) is 33.1 Å². The van der Waals surface area contributed by atoms with Crippen LogP contribution in [0, 0.1) is 0 Å². The van der Waals surface area contributed by atoms with Crippen molar-refractivity contribution < 1.29 is 8.42 Å². The Bertz CT molecular complexity index is 277. The molecule has 4 nitrogen and oxygen atoms in total. The molecule has 0 unspecified atom stereocenters. The molecule has 0 aromatic rings. The number of thioether (sulfide) groups is 1. The van der Waals surface area contributed by atoms with Gasteiger partial charge in [0.05, 0.1) is 5.75 Å². The summed E-state index contributed by atoms with van der Waals surface area (Å²) in [6.45, 7) is 7.96. The van der Waals surface area contributed by atoms with Crippen molar-refractivity contribution in [2.45, 2.75) is 31.9 Å². The minimum Gasteiger partial charge on any atom is -0.316 e. The van der Waals surface area contributed by atoms with Crippen LogP contribution >= 0.6 is 11.8 Å². The molecule has 0 amide bonds. The Kier molecular flexibility index (Phi) is 7.63. The van der Waals surface area contributed by atoms with Gasteiger partial charge in [0.1, 0.15) is 0 Å². The SMILES string of the molecule is CCCNCCS(=O)(=O)NCC(C)(C)SC. The third-order valence-electron chi connectivity index (χ3n) is 2.24. The quantitative estimate of drug-likeness (QED) is 0.614. The van der Waals surface area contributed by atoms with Crippen LogP contribution in [0.1, 0.15) is 27.2 Å². The number of rotatable bonds is 9. The number of hydrogen-bond donors (Lipinski definition) is 2. The summed E-state index contributed by atoms with van der Waals surface area (Å²) in [7, 11) is -3.13. The van der Waals surface area contributed by atoms with E-state index in [4.69, 9.17) is 0 Å². The molecule has 0 saturated heterocycles. The molecule has 0 radical (unpaired) electrons. The van der Waals surface area contributed by atoms with Gasteiger partial charge >= 0.3 is 0 Å². The first-order chi connectivity index (χ1) is 7.33. The van der Waals surface area contributed by atoms with Crippen LogP contribution < -0.4 is 10.0 Å². The van der Waals surface area contributed by atoms with E-state index < -0.39 is 10.0 Å². The third-order valence-corrected chi connectivity index (χ3v) is 4.82. The molecule has 0 heterocycles. The summed E-state index contributed by atoms with van der Waals surface area (Å²) in [6, 6.07) is 0. The van der Waals surface area contributed by atoms with Gasteiger partial charge in [0, 0.05) is 17.8 Å². The second-order valence-electron chi connectivity index (χ2n) is 4.35. The van der Waals surface area contributed by atoms with E-state index in [1.165, 1.54) is 0 Å². The molecule has 0 rings (SSSR count). The Morgan fingerprint density at radius 1 is 1.25 bits per heavy atom. The molecule has 0 aliphatic carbocycles. The lowest BCUT2D eigenvalue weighted by molar-refractivity contribution is 0.566. The van der Waals surface area contributed by atoms with Crippen molar-refractivity contribution in [3.05, 3.63) is 0 Å². The Morgan fingerprint density at radius 3 is 2.38 bits per heavy atom. The van der Waals surface area contributed by atoms with Crippen LogP contribution in [-0.2, 0) is 10.0 Å². The maximum Gasteiger partial charge on any atom is 0.212 e. The second-order valence-corrected chi connectivity index (χ2v) is 7.79. The maximum absolute atomic E-state index is 11.6. The van der Waals surface area contributed by atoms with Gasteiger partial charge in [-0.15, -0.1) is 0 Å². The molecule has 6 heteroatoms. The van der Waals surface area contributed by atoms with Gasteiger partial charge in [0.15, 0.2) is 0 Å². The Labute approximate surface area is 104 Å². The van der Waals surface area contributed by atoms with Crippen molar-refractivity contribution in [3.63, 3.8) is 0 Å². The first kappa shape index (κ1) is 16.2. The fourth-order valence-corrected chi connectivity index (χ4v) is 2.38. The molecule has 2 N–H and O–H groups in total. The normalized spacial score (nSPS) is 13.0. The highest BCUT2D eigenvalue weighted by Gasteiger charge is 2.19. The van der Waals surface area contributed by atoms with Crippen LogP contribution in [0.2, 0.25) is 0 Å². The van der Waals surface area contributed by atoms with E-state index in [0.29, 0.717) is 13.1 Å². The van der Waals surface area contributed by atoms with Crippen LogP contribution in [0.15, 0.2) is 0 Å². The number of nitrogens with one attached hydrogen (secondary N) is 2. The molecule has 16 heavy (non-hydrogen) atoms. The van der Waals surface area contributed by atoms with Crippen LogP contribution in [-0.4, -0.2) is 44.8 Å². The van der Waals surface area contributed by atoms with Crippen molar-refractivity contribution in [3.8, 4) is 0 Å². The van der Waals surface area contributed by atoms with Gasteiger partial charge in [-0.2, -0.15) is 11.8 Å². The predicted molar refractivity (Wildman–Crippen MR) is 72.5 cm³/mol. The predicted octanol–water partition coefficient (Wildman–Crippen LogP) is 1.05.